The van der Waals surface area contributed by atoms with E-state index in [1.54, 1.807) is 0 Å². The Morgan fingerprint density at radius 2 is 1.24 bits per heavy atom. The van der Waals surface area contributed by atoms with Gasteiger partial charge in [-0.15, -0.1) is 0 Å². The fourth-order valence-corrected chi connectivity index (χ4v) is 2.28. The molecule has 0 N–H and O–H groups in total. The lowest BCUT2D eigenvalue weighted by atomic mass is 10.1. The molecule has 1 rings (SSSR count). The number of benzene rings is 1. The van der Waals surface area contributed by atoms with Crippen molar-refractivity contribution in [2.45, 2.75) is 85.2 Å². The molecule has 0 heterocycles. The average Bonchev–Trinajstić information content (AvgIpc) is 2.55. The van der Waals surface area contributed by atoms with Crippen LogP contribution in [0.2, 0.25) is 0 Å². The molecule has 0 atom stereocenters. The Kier molecular flexibility index (Phi) is 16.6. The zero-order valence-corrected chi connectivity index (χ0v) is 14.6. The van der Waals surface area contributed by atoms with Crippen LogP contribution in [0.25, 0.3) is 0 Å². The predicted octanol–water partition coefficient (Wildman–Crippen LogP) is 6.76. The first-order valence-electron chi connectivity index (χ1n) is 9.05. The molecule has 0 aliphatic carbocycles. The van der Waals surface area contributed by atoms with Crippen molar-refractivity contribution in [2.75, 3.05) is 6.61 Å². The Morgan fingerprint density at radius 3 is 1.81 bits per heavy atom. The van der Waals surface area contributed by atoms with Crippen molar-refractivity contribution >= 4 is 0 Å². The van der Waals surface area contributed by atoms with Crippen molar-refractivity contribution < 1.29 is 4.74 Å². The van der Waals surface area contributed by atoms with Gasteiger partial charge in [0.1, 0.15) is 0 Å². The number of unbranched alkanes of at least 4 members (excludes halogenated alkanes) is 8. The monoisotopic (exact) mass is 292 g/mol. The zero-order chi connectivity index (χ0) is 15.6. The summed E-state index contributed by atoms with van der Waals surface area (Å²) in [5.41, 5.74) is 1.28. The Bertz CT molecular complexity index is 281. The normalized spacial score (nSPS) is 10.0. The second kappa shape index (κ2) is 17.2. The predicted molar refractivity (Wildman–Crippen MR) is 94.7 cm³/mol. The molecule has 0 radical (unpaired) electrons. The molecule has 0 aliphatic heterocycles. The summed E-state index contributed by atoms with van der Waals surface area (Å²) < 4.78 is 5.68. The van der Waals surface area contributed by atoms with E-state index in [9.17, 15) is 0 Å². The summed E-state index contributed by atoms with van der Waals surface area (Å²) >= 11 is 0. The van der Waals surface area contributed by atoms with Gasteiger partial charge in [0.15, 0.2) is 0 Å². The number of hydrogen-bond donors (Lipinski definition) is 0. The third-order valence-corrected chi connectivity index (χ3v) is 3.50. The molecule has 122 valence electrons. The van der Waals surface area contributed by atoms with Gasteiger partial charge in [0.2, 0.25) is 0 Å². The van der Waals surface area contributed by atoms with Crippen molar-refractivity contribution in [3.05, 3.63) is 35.9 Å². The Hall–Kier alpha value is -0.820. The molecular formula is C20H36O. The Labute approximate surface area is 133 Å². The van der Waals surface area contributed by atoms with E-state index >= 15 is 0 Å². The second-order valence-corrected chi connectivity index (χ2v) is 5.37. The molecule has 0 aromatic heterocycles. The largest absolute Gasteiger partial charge is 0.377 e. The van der Waals surface area contributed by atoms with Crippen molar-refractivity contribution in [1.82, 2.24) is 0 Å². The third-order valence-electron chi connectivity index (χ3n) is 3.50. The molecule has 0 spiro atoms. The molecule has 1 heteroatoms. The first-order valence-corrected chi connectivity index (χ1v) is 9.05. The molecule has 0 saturated heterocycles. The van der Waals surface area contributed by atoms with Gasteiger partial charge in [-0.05, 0) is 12.0 Å². The van der Waals surface area contributed by atoms with E-state index < -0.39 is 0 Å². The van der Waals surface area contributed by atoms with Gasteiger partial charge in [-0.1, -0.05) is 102 Å². The van der Waals surface area contributed by atoms with Crippen LogP contribution in [-0.2, 0) is 11.3 Å². The Morgan fingerprint density at radius 1 is 0.714 bits per heavy atom. The summed E-state index contributed by atoms with van der Waals surface area (Å²) in [5.74, 6) is 0. The standard InChI is InChI=1S/C18H30O.C2H6/c1-2-3-4-5-6-7-8-9-13-16-19-17-18-14-11-10-12-15-18;1-2/h10-12,14-15H,2-9,13,16-17H2,1H3;1-2H3. The smallest absolute Gasteiger partial charge is 0.0716 e. The molecule has 0 aliphatic rings. The molecule has 1 aromatic carbocycles. The summed E-state index contributed by atoms with van der Waals surface area (Å²) in [7, 11) is 0. The third kappa shape index (κ3) is 13.9. The number of rotatable bonds is 12. The maximum absolute atomic E-state index is 5.68. The van der Waals surface area contributed by atoms with E-state index in [4.69, 9.17) is 4.74 Å². The number of ether oxygens (including phenoxy) is 1. The van der Waals surface area contributed by atoms with Crippen LogP contribution in [0, 0.1) is 0 Å². The van der Waals surface area contributed by atoms with Crippen LogP contribution in [0.15, 0.2) is 30.3 Å². The minimum absolute atomic E-state index is 0.762. The SMILES string of the molecule is CC.CCCCCCCCCCCOCc1ccccc1. The maximum atomic E-state index is 5.68. The van der Waals surface area contributed by atoms with Crippen LogP contribution in [0.3, 0.4) is 0 Å². The van der Waals surface area contributed by atoms with Crippen LogP contribution in [0.5, 0.6) is 0 Å². The molecule has 1 aromatic rings. The summed E-state index contributed by atoms with van der Waals surface area (Å²) in [6.07, 6.45) is 12.3. The van der Waals surface area contributed by atoms with E-state index in [0.717, 1.165) is 13.2 Å². The van der Waals surface area contributed by atoms with Gasteiger partial charge in [-0.25, -0.2) is 0 Å². The van der Waals surface area contributed by atoms with E-state index in [0.29, 0.717) is 0 Å². The summed E-state index contributed by atoms with van der Waals surface area (Å²) in [4.78, 5) is 0. The summed E-state index contributed by atoms with van der Waals surface area (Å²) in [6.45, 7) is 7.94. The molecule has 1 nitrogen and oxygen atoms in total. The van der Waals surface area contributed by atoms with Crippen LogP contribution >= 0.6 is 0 Å². The van der Waals surface area contributed by atoms with E-state index in [1.807, 2.05) is 19.9 Å². The first kappa shape index (κ1) is 20.2. The molecule has 0 fully saturated rings. The van der Waals surface area contributed by atoms with Crippen LogP contribution in [0.4, 0.5) is 0 Å². The lowest BCUT2D eigenvalue weighted by Gasteiger charge is -2.04. The summed E-state index contributed by atoms with van der Waals surface area (Å²) in [5, 5.41) is 0. The van der Waals surface area contributed by atoms with Gasteiger partial charge in [-0.2, -0.15) is 0 Å². The van der Waals surface area contributed by atoms with Crippen LogP contribution in [0.1, 0.15) is 84.1 Å². The van der Waals surface area contributed by atoms with Crippen LogP contribution < -0.4 is 0 Å². The van der Waals surface area contributed by atoms with E-state index in [1.165, 1.54) is 63.4 Å². The van der Waals surface area contributed by atoms with Gasteiger partial charge in [0.25, 0.3) is 0 Å². The van der Waals surface area contributed by atoms with Gasteiger partial charge in [0.05, 0.1) is 6.61 Å². The summed E-state index contributed by atoms with van der Waals surface area (Å²) in [6, 6.07) is 10.4. The van der Waals surface area contributed by atoms with Crippen molar-refractivity contribution in [1.29, 1.82) is 0 Å². The quantitative estimate of drug-likeness (QED) is 0.387. The molecular weight excluding hydrogens is 256 g/mol. The molecule has 0 unspecified atom stereocenters. The van der Waals surface area contributed by atoms with E-state index in [-0.39, 0.29) is 0 Å². The van der Waals surface area contributed by atoms with Crippen LogP contribution in [-0.4, -0.2) is 6.61 Å². The lowest BCUT2D eigenvalue weighted by Crippen LogP contribution is -1.95. The van der Waals surface area contributed by atoms with Gasteiger partial charge in [0, 0.05) is 6.61 Å². The highest BCUT2D eigenvalue weighted by molar-refractivity contribution is 5.13. The highest BCUT2D eigenvalue weighted by Gasteiger charge is 1.94. The Balaban J connectivity index is 0.00000191. The average molecular weight is 293 g/mol. The second-order valence-electron chi connectivity index (χ2n) is 5.37. The minimum Gasteiger partial charge on any atom is -0.377 e. The van der Waals surface area contributed by atoms with Gasteiger partial charge in [-0.3, -0.25) is 0 Å². The molecule has 0 bridgehead atoms. The van der Waals surface area contributed by atoms with Gasteiger partial charge >= 0.3 is 0 Å². The fraction of sp³-hybridized carbons (Fsp3) is 0.700. The van der Waals surface area contributed by atoms with E-state index in [2.05, 4.69) is 31.2 Å². The maximum Gasteiger partial charge on any atom is 0.0716 e. The van der Waals surface area contributed by atoms with Crippen molar-refractivity contribution in [3.8, 4) is 0 Å². The number of hydrogen-bond acceptors (Lipinski definition) is 1. The fourth-order valence-electron chi connectivity index (χ4n) is 2.28. The lowest BCUT2D eigenvalue weighted by molar-refractivity contribution is 0.116. The zero-order valence-electron chi connectivity index (χ0n) is 14.6. The first-order chi connectivity index (χ1) is 10.4. The van der Waals surface area contributed by atoms with Crippen molar-refractivity contribution in [2.24, 2.45) is 0 Å². The van der Waals surface area contributed by atoms with Crippen molar-refractivity contribution in [3.63, 3.8) is 0 Å². The highest BCUT2D eigenvalue weighted by Crippen LogP contribution is 2.09. The topological polar surface area (TPSA) is 9.23 Å². The highest BCUT2D eigenvalue weighted by atomic mass is 16.5. The minimum atomic E-state index is 0.762. The molecule has 0 amide bonds. The van der Waals surface area contributed by atoms with Gasteiger partial charge < -0.3 is 4.74 Å². The molecule has 21 heavy (non-hydrogen) atoms. The molecule has 0 saturated carbocycles.